The molecule has 3 N–H and O–H groups in total. The fourth-order valence-electron chi connectivity index (χ4n) is 2.16. The zero-order chi connectivity index (χ0) is 15.8. The van der Waals surface area contributed by atoms with Crippen LogP contribution in [-0.4, -0.2) is 30.1 Å². The quantitative estimate of drug-likeness (QED) is 0.812. The Hall–Kier alpha value is -1.35. The highest BCUT2D eigenvalue weighted by Gasteiger charge is 2.16. The molecule has 0 fully saturated rings. The second-order valence-corrected chi connectivity index (χ2v) is 6.98. The summed E-state index contributed by atoms with van der Waals surface area (Å²) in [5.41, 5.74) is 6.68. The minimum absolute atomic E-state index is 0. The standard InChI is InChI=1S/C13H20N4O3S.ClH/c1-9(14)6-7-15-21(19,20)10-4-5-11-12(8-10)17(3)13(18)16(11)2;/h4-5,8-9,15H,6-7,14H2,1-3H3;1H. The molecule has 0 spiro atoms. The van der Waals surface area contributed by atoms with E-state index in [4.69, 9.17) is 5.73 Å². The van der Waals surface area contributed by atoms with Crippen molar-refractivity contribution in [1.82, 2.24) is 13.9 Å². The van der Waals surface area contributed by atoms with Gasteiger partial charge in [-0.25, -0.2) is 17.9 Å². The Morgan fingerprint density at radius 1 is 1.23 bits per heavy atom. The molecular formula is C13H21ClN4O3S. The molecule has 1 aromatic heterocycles. The number of nitrogens with zero attached hydrogens (tertiary/aromatic N) is 2. The lowest BCUT2D eigenvalue weighted by Crippen LogP contribution is -2.29. The average molecular weight is 349 g/mol. The predicted molar refractivity (Wildman–Crippen MR) is 88.9 cm³/mol. The van der Waals surface area contributed by atoms with Gasteiger partial charge in [0.1, 0.15) is 0 Å². The highest BCUT2D eigenvalue weighted by atomic mass is 35.5. The van der Waals surface area contributed by atoms with Gasteiger partial charge >= 0.3 is 5.69 Å². The van der Waals surface area contributed by atoms with E-state index in [2.05, 4.69) is 4.72 Å². The first-order valence-corrected chi connectivity index (χ1v) is 8.13. The third-order valence-corrected chi connectivity index (χ3v) is 4.90. The first-order chi connectivity index (χ1) is 9.74. The molecule has 1 heterocycles. The van der Waals surface area contributed by atoms with Gasteiger partial charge in [-0.2, -0.15) is 0 Å². The van der Waals surface area contributed by atoms with Crippen molar-refractivity contribution in [3.05, 3.63) is 28.7 Å². The van der Waals surface area contributed by atoms with Gasteiger partial charge in [0, 0.05) is 26.7 Å². The summed E-state index contributed by atoms with van der Waals surface area (Å²) in [4.78, 5) is 12.0. The number of nitrogens with one attached hydrogen (secondary N) is 1. The molecule has 22 heavy (non-hydrogen) atoms. The van der Waals surface area contributed by atoms with Crippen molar-refractivity contribution >= 4 is 33.5 Å². The number of sulfonamides is 1. The molecule has 0 radical (unpaired) electrons. The second-order valence-electron chi connectivity index (χ2n) is 5.21. The molecule has 0 aliphatic rings. The third-order valence-electron chi connectivity index (χ3n) is 3.45. The van der Waals surface area contributed by atoms with Crippen molar-refractivity contribution in [3.63, 3.8) is 0 Å². The number of aryl methyl sites for hydroxylation is 2. The van der Waals surface area contributed by atoms with Crippen molar-refractivity contribution in [3.8, 4) is 0 Å². The molecule has 0 aliphatic carbocycles. The Morgan fingerprint density at radius 3 is 2.41 bits per heavy atom. The molecule has 0 saturated heterocycles. The van der Waals surface area contributed by atoms with E-state index in [0.29, 0.717) is 17.5 Å². The molecule has 1 atom stereocenters. The number of imidazole rings is 1. The summed E-state index contributed by atoms with van der Waals surface area (Å²) < 4.78 is 29.8. The van der Waals surface area contributed by atoms with E-state index in [9.17, 15) is 13.2 Å². The number of aromatic nitrogens is 2. The summed E-state index contributed by atoms with van der Waals surface area (Å²) in [5, 5.41) is 0. The third kappa shape index (κ3) is 3.52. The van der Waals surface area contributed by atoms with Crippen molar-refractivity contribution in [2.24, 2.45) is 19.8 Å². The highest BCUT2D eigenvalue weighted by Crippen LogP contribution is 2.17. The van der Waals surface area contributed by atoms with Gasteiger partial charge in [0.25, 0.3) is 0 Å². The van der Waals surface area contributed by atoms with Gasteiger partial charge < -0.3 is 5.73 Å². The van der Waals surface area contributed by atoms with Crippen LogP contribution < -0.4 is 16.1 Å². The van der Waals surface area contributed by atoms with Crippen LogP contribution in [0.5, 0.6) is 0 Å². The van der Waals surface area contributed by atoms with Crippen LogP contribution >= 0.6 is 12.4 Å². The maximum Gasteiger partial charge on any atom is 0.328 e. The normalized spacial score (nSPS) is 13.1. The van der Waals surface area contributed by atoms with Crippen LogP contribution in [0, 0.1) is 0 Å². The molecular weight excluding hydrogens is 328 g/mol. The number of fused-ring (bicyclic) bond motifs is 1. The fraction of sp³-hybridized carbons (Fsp3) is 0.462. The van der Waals surface area contributed by atoms with Crippen LogP contribution in [0.15, 0.2) is 27.9 Å². The van der Waals surface area contributed by atoms with Gasteiger partial charge in [-0.1, -0.05) is 0 Å². The lowest BCUT2D eigenvalue weighted by atomic mass is 10.3. The van der Waals surface area contributed by atoms with E-state index in [1.54, 1.807) is 20.2 Å². The van der Waals surface area contributed by atoms with Gasteiger partial charge in [-0.15, -0.1) is 12.4 Å². The van der Waals surface area contributed by atoms with Gasteiger partial charge in [0.05, 0.1) is 15.9 Å². The summed E-state index contributed by atoms with van der Waals surface area (Å²) in [6.45, 7) is 2.10. The number of benzene rings is 1. The van der Waals surface area contributed by atoms with E-state index >= 15 is 0 Å². The topological polar surface area (TPSA) is 99.1 Å². The van der Waals surface area contributed by atoms with E-state index in [-0.39, 0.29) is 35.6 Å². The summed E-state index contributed by atoms with van der Waals surface area (Å²) in [5.74, 6) is 0. The second kappa shape index (κ2) is 6.82. The Bertz CT molecular complexity index is 824. The molecule has 7 nitrogen and oxygen atoms in total. The van der Waals surface area contributed by atoms with Gasteiger partial charge in [0.15, 0.2) is 0 Å². The summed E-state index contributed by atoms with van der Waals surface area (Å²) in [7, 11) is -0.330. The van der Waals surface area contributed by atoms with E-state index in [0.717, 1.165) is 0 Å². The van der Waals surface area contributed by atoms with Gasteiger partial charge in [-0.05, 0) is 31.5 Å². The summed E-state index contributed by atoms with van der Waals surface area (Å²) in [6.07, 6.45) is 0.561. The van der Waals surface area contributed by atoms with Crippen LogP contribution in [0.4, 0.5) is 0 Å². The van der Waals surface area contributed by atoms with Gasteiger partial charge in [0.2, 0.25) is 10.0 Å². The molecule has 0 bridgehead atoms. The molecule has 0 aliphatic heterocycles. The molecule has 9 heteroatoms. The monoisotopic (exact) mass is 348 g/mol. The highest BCUT2D eigenvalue weighted by molar-refractivity contribution is 7.89. The maximum atomic E-state index is 12.2. The van der Waals surface area contributed by atoms with Gasteiger partial charge in [-0.3, -0.25) is 9.13 Å². The van der Waals surface area contributed by atoms with E-state index < -0.39 is 10.0 Å². The molecule has 1 aromatic carbocycles. The van der Waals surface area contributed by atoms with Crippen molar-refractivity contribution in [2.45, 2.75) is 24.3 Å². The maximum absolute atomic E-state index is 12.2. The molecule has 2 aromatic rings. The zero-order valence-corrected chi connectivity index (χ0v) is 14.4. The number of hydrogen-bond acceptors (Lipinski definition) is 4. The zero-order valence-electron chi connectivity index (χ0n) is 12.7. The number of halogens is 1. The smallest absolute Gasteiger partial charge is 0.328 e. The lowest BCUT2D eigenvalue weighted by molar-refractivity contribution is 0.572. The van der Waals surface area contributed by atoms with Crippen LogP contribution in [-0.2, 0) is 24.1 Å². The molecule has 0 saturated carbocycles. The van der Waals surface area contributed by atoms with Crippen molar-refractivity contribution < 1.29 is 8.42 Å². The summed E-state index contributed by atoms with van der Waals surface area (Å²) >= 11 is 0. The number of hydrogen-bond donors (Lipinski definition) is 2. The largest absolute Gasteiger partial charge is 0.328 e. The summed E-state index contributed by atoms with van der Waals surface area (Å²) in [6, 6.07) is 4.57. The van der Waals surface area contributed by atoms with E-state index in [1.165, 1.54) is 21.3 Å². The number of rotatable bonds is 5. The number of nitrogens with two attached hydrogens (primary N) is 1. The Morgan fingerprint density at radius 2 is 1.82 bits per heavy atom. The minimum Gasteiger partial charge on any atom is -0.328 e. The van der Waals surface area contributed by atoms with Crippen LogP contribution in [0.2, 0.25) is 0 Å². The Labute approximate surface area is 135 Å². The first kappa shape index (κ1) is 18.7. The van der Waals surface area contributed by atoms with Crippen molar-refractivity contribution in [1.29, 1.82) is 0 Å². The Balaban J connectivity index is 0.00000242. The van der Waals surface area contributed by atoms with Crippen LogP contribution in [0.1, 0.15) is 13.3 Å². The molecule has 0 amide bonds. The molecule has 1 unspecified atom stereocenters. The van der Waals surface area contributed by atoms with Crippen molar-refractivity contribution in [2.75, 3.05) is 6.54 Å². The lowest BCUT2D eigenvalue weighted by Gasteiger charge is -2.08. The predicted octanol–water partition coefficient (Wildman–Crippen LogP) is 0.314. The first-order valence-electron chi connectivity index (χ1n) is 6.65. The Kier molecular flexibility index (Phi) is 5.80. The van der Waals surface area contributed by atoms with Crippen LogP contribution in [0.25, 0.3) is 11.0 Å². The molecule has 2 rings (SSSR count). The average Bonchev–Trinajstić information content (AvgIpc) is 2.63. The van der Waals surface area contributed by atoms with E-state index in [1.807, 2.05) is 6.92 Å². The minimum atomic E-state index is -3.60. The molecule has 124 valence electrons. The fourth-order valence-corrected chi connectivity index (χ4v) is 3.23. The SMILES string of the molecule is CC(N)CCNS(=O)(=O)c1ccc2c(c1)n(C)c(=O)n2C.Cl. The van der Waals surface area contributed by atoms with Crippen LogP contribution in [0.3, 0.4) is 0 Å².